The molecule has 2 N–H and O–H groups in total. The number of aromatic nitrogens is 1. The zero-order valence-corrected chi connectivity index (χ0v) is 20.2. The van der Waals surface area contributed by atoms with Gasteiger partial charge in [0.05, 0.1) is 0 Å². The molecule has 1 fully saturated rings. The predicted molar refractivity (Wildman–Crippen MR) is 132 cm³/mol. The van der Waals surface area contributed by atoms with Gasteiger partial charge < -0.3 is 10.2 Å². The minimum atomic E-state index is -0.331. The molecule has 162 valence electrons. The van der Waals surface area contributed by atoms with Crippen LogP contribution in [0.15, 0.2) is 69.7 Å². The maximum Gasteiger partial charge on any atom is 0.257 e. The fourth-order valence-corrected chi connectivity index (χ4v) is 3.95. The van der Waals surface area contributed by atoms with Crippen molar-refractivity contribution in [2.75, 3.05) is 18.4 Å². The number of rotatable bonds is 6. The highest BCUT2D eigenvalue weighted by molar-refractivity contribution is 9.10. The van der Waals surface area contributed by atoms with Crippen LogP contribution in [0.5, 0.6) is 0 Å². The number of pyridine rings is 1. The Balaban J connectivity index is 1.49. The average molecular weight is 556 g/mol. The van der Waals surface area contributed by atoms with Crippen LogP contribution in [0.2, 0.25) is 0 Å². The van der Waals surface area contributed by atoms with E-state index in [9.17, 15) is 9.59 Å². The Labute approximate surface area is 202 Å². The van der Waals surface area contributed by atoms with E-state index in [2.05, 4.69) is 42.2 Å². The number of nitrogens with one attached hydrogen (secondary N) is 2. The topological polar surface area (TPSA) is 86.1 Å². The van der Waals surface area contributed by atoms with E-state index < -0.39 is 0 Å². The summed E-state index contributed by atoms with van der Waals surface area (Å²) in [6, 6.07) is 15.9. The average Bonchev–Trinajstić information content (AvgIpc) is 2.75. The fraction of sp³-hybridized carbons (Fsp3) is 0.167. The predicted octanol–water partition coefficient (Wildman–Crippen LogP) is 5.32. The first-order valence-corrected chi connectivity index (χ1v) is 11.7. The van der Waals surface area contributed by atoms with Gasteiger partial charge in [0.2, 0.25) is 0 Å². The number of carbonyl (C=O) groups is 2. The van der Waals surface area contributed by atoms with Gasteiger partial charge in [-0.3, -0.25) is 15.0 Å². The van der Waals surface area contributed by atoms with Crippen molar-refractivity contribution < 1.29 is 9.59 Å². The first-order valence-electron chi connectivity index (χ1n) is 10.1. The first-order chi connectivity index (χ1) is 15.4. The minimum absolute atomic E-state index is 0.0900. The highest BCUT2D eigenvalue weighted by Crippen LogP contribution is 2.21. The van der Waals surface area contributed by atoms with Gasteiger partial charge in [0, 0.05) is 51.3 Å². The number of amidine groups is 1. The lowest BCUT2D eigenvalue weighted by atomic mass is 9.97. The van der Waals surface area contributed by atoms with E-state index >= 15 is 0 Å². The van der Waals surface area contributed by atoms with Crippen molar-refractivity contribution in [3.63, 3.8) is 0 Å². The summed E-state index contributed by atoms with van der Waals surface area (Å²) in [7, 11) is 0. The second-order valence-electron chi connectivity index (χ2n) is 7.48. The largest absolute Gasteiger partial charge is 0.356 e. The van der Waals surface area contributed by atoms with Gasteiger partial charge in [0.25, 0.3) is 5.91 Å². The van der Waals surface area contributed by atoms with Gasteiger partial charge in [-0.25, -0.2) is 4.98 Å². The summed E-state index contributed by atoms with van der Waals surface area (Å²) < 4.78 is 1.56. The van der Waals surface area contributed by atoms with Crippen molar-refractivity contribution in [1.29, 1.82) is 5.41 Å². The van der Waals surface area contributed by atoms with Crippen LogP contribution in [0, 0.1) is 5.41 Å². The molecule has 0 spiro atoms. The van der Waals surface area contributed by atoms with Gasteiger partial charge in [-0.2, -0.15) is 0 Å². The number of benzene rings is 2. The van der Waals surface area contributed by atoms with Crippen LogP contribution in [0.4, 0.5) is 5.82 Å². The highest BCUT2D eigenvalue weighted by atomic mass is 79.9. The number of hydrogen-bond acceptors (Lipinski definition) is 4. The molecule has 1 amide bonds. The zero-order valence-electron chi connectivity index (χ0n) is 17.1. The molecule has 0 aliphatic carbocycles. The van der Waals surface area contributed by atoms with Crippen LogP contribution < -0.4 is 5.32 Å². The van der Waals surface area contributed by atoms with Crippen molar-refractivity contribution in [2.45, 2.75) is 12.8 Å². The molecular formula is C24H20Br2N4O2. The fourth-order valence-electron chi connectivity index (χ4n) is 3.36. The molecule has 1 aliphatic rings. The molecule has 0 bridgehead atoms. The summed E-state index contributed by atoms with van der Waals surface area (Å²) in [5, 5.41) is 11.0. The molecule has 0 saturated carbocycles. The van der Waals surface area contributed by atoms with Crippen LogP contribution in [0.3, 0.4) is 0 Å². The summed E-state index contributed by atoms with van der Waals surface area (Å²) in [6.07, 6.45) is 2.80. The Bertz CT molecular complexity index is 1170. The molecule has 1 aromatic heterocycles. The lowest BCUT2D eigenvalue weighted by Gasteiger charge is -2.33. The molecule has 3 aromatic rings. The van der Waals surface area contributed by atoms with Crippen LogP contribution in [-0.4, -0.2) is 40.5 Å². The van der Waals surface area contributed by atoms with Crippen molar-refractivity contribution in [3.8, 4) is 0 Å². The summed E-state index contributed by atoms with van der Waals surface area (Å²) in [5.74, 6) is 0.492. The van der Waals surface area contributed by atoms with Gasteiger partial charge in [-0.15, -0.1) is 0 Å². The molecular weight excluding hydrogens is 536 g/mol. The highest BCUT2D eigenvalue weighted by Gasteiger charge is 2.19. The maximum atomic E-state index is 12.9. The molecule has 1 saturated heterocycles. The summed E-state index contributed by atoms with van der Waals surface area (Å²) in [4.78, 5) is 32.0. The summed E-state index contributed by atoms with van der Waals surface area (Å²) >= 11 is 6.72. The standard InChI is InChI=1S/C24H20Br2N4O2/c25-18-7-6-17(20(13-18)24(32)29-22-9-8-19(26)14-28-22)12-21(31)15-2-4-16(5-3-15)23(27)30-10-1-11-30/h2-9,13-14,27H,1,10-12H2,(H,28,29,32). The number of anilines is 1. The molecule has 2 aromatic carbocycles. The van der Waals surface area contributed by atoms with Crippen LogP contribution in [0.1, 0.15) is 38.3 Å². The van der Waals surface area contributed by atoms with E-state index in [1.165, 1.54) is 0 Å². The number of likely N-dealkylation sites (tertiary alicyclic amines) is 1. The molecule has 32 heavy (non-hydrogen) atoms. The Hall–Kier alpha value is -2.84. The third kappa shape index (κ3) is 5.14. The van der Waals surface area contributed by atoms with Gasteiger partial charge in [-0.05, 0) is 52.2 Å². The number of hydrogen-bond donors (Lipinski definition) is 2. The van der Waals surface area contributed by atoms with Crippen molar-refractivity contribution in [2.24, 2.45) is 0 Å². The Morgan fingerprint density at radius 3 is 2.28 bits per heavy atom. The smallest absolute Gasteiger partial charge is 0.257 e. The SMILES string of the molecule is N=C(c1ccc(C(=O)Cc2ccc(Br)cc2C(=O)Nc2ccc(Br)cn2)cc1)N1CCC1. The Morgan fingerprint density at radius 1 is 0.969 bits per heavy atom. The molecule has 6 nitrogen and oxygen atoms in total. The van der Waals surface area contributed by atoms with Crippen LogP contribution >= 0.6 is 31.9 Å². The lowest BCUT2D eigenvalue weighted by molar-refractivity contribution is 0.0992. The first kappa shape index (κ1) is 22.4. The quantitative estimate of drug-likeness (QED) is 0.245. The third-order valence-corrected chi connectivity index (χ3v) is 6.25. The number of Topliss-reactive ketones (excluding diaryl/α,β-unsaturated/α-hetero) is 1. The third-order valence-electron chi connectivity index (χ3n) is 5.29. The molecule has 2 heterocycles. The lowest BCUT2D eigenvalue weighted by Crippen LogP contribution is -2.42. The van der Waals surface area contributed by atoms with E-state index in [1.807, 2.05) is 23.1 Å². The normalized spacial score (nSPS) is 12.8. The Morgan fingerprint density at radius 2 is 1.66 bits per heavy atom. The monoisotopic (exact) mass is 554 g/mol. The molecule has 8 heteroatoms. The van der Waals surface area contributed by atoms with E-state index in [1.54, 1.807) is 42.6 Å². The second-order valence-corrected chi connectivity index (χ2v) is 9.32. The van der Waals surface area contributed by atoms with Gasteiger partial charge in [-0.1, -0.05) is 46.3 Å². The molecule has 0 radical (unpaired) electrons. The molecule has 0 atom stereocenters. The summed E-state index contributed by atoms with van der Waals surface area (Å²) in [6.45, 7) is 1.81. The van der Waals surface area contributed by atoms with Crippen molar-refractivity contribution >= 4 is 55.2 Å². The molecule has 0 unspecified atom stereocenters. The van der Waals surface area contributed by atoms with Crippen molar-refractivity contribution in [1.82, 2.24) is 9.88 Å². The Kier molecular flexibility index (Phi) is 6.81. The number of carbonyl (C=O) groups excluding carboxylic acids is 2. The van der Waals surface area contributed by atoms with Crippen molar-refractivity contribution in [3.05, 3.63) is 92.0 Å². The molecule has 4 rings (SSSR count). The zero-order chi connectivity index (χ0) is 22.7. The van der Waals surface area contributed by atoms with Gasteiger partial charge >= 0.3 is 0 Å². The molecule has 1 aliphatic heterocycles. The van der Waals surface area contributed by atoms with E-state index in [0.29, 0.717) is 28.3 Å². The van der Waals surface area contributed by atoms with E-state index in [4.69, 9.17) is 5.41 Å². The number of nitrogens with zero attached hydrogens (tertiary/aromatic N) is 2. The number of halogens is 2. The second kappa shape index (κ2) is 9.75. The number of amides is 1. The minimum Gasteiger partial charge on any atom is -0.356 e. The van der Waals surface area contributed by atoms with Gasteiger partial charge in [0.1, 0.15) is 11.7 Å². The number of ketones is 1. The summed E-state index contributed by atoms with van der Waals surface area (Å²) in [5.41, 5.74) is 2.39. The van der Waals surface area contributed by atoms with E-state index in [0.717, 1.165) is 34.0 Å². The van der Waals surface area contributed by atoms with E-state index in [-0.39, 0.29) is 18.1 Å². The maximum absolute atomic E-state index is 12.9. The van der Waals surface area contributed by atoms with Gasteiger partial charge in [0.15, 0.2) is 5.78 Å². The van der Waals surface area contributed by atoms with Crippen LogP contribution in [-0.2, 0) is 6.42 Å². The van der Waals surface area contributed by atoms with Crippen LogP contribution in [0.25, 0.3) is 0 Å².